The quantitative estimate of drug-likeness (QED) is 0.553. The Kier molecular flexibility index (Phi) is 6.49. The van der Waals surface area contributed by atoms with Crippen LogP contribution in [0.3, 0.4) is 0 Å². The van der Waals surface area contributed by atoms with Crippen LogP contribution in [-0.4, -0.2) is 28.5 Å². The molecule has 0 bridgehead atoms. The van der Waals surface area contributed by atoms with Gasteiger partial charge in [-0.3, -0.25) is 4.79 Å². The number of rotatable bonds is 7. The first-order valence-electron chi connectivity index (χ1n) is 9.62. The van der Waals surface area contributed by atoms with Crippen LogP contribution in [0.5, 0.6) is 0 Å². The number of ether oxygens (including phenoxy) is 1. The van der Waals surface area contributed by atoms with Crippen molar-refractivity contribution in [3.63, 3.8) is 0 Å². The molecule has 3 rings (SSSR count). The molecule has 7 heteroatoms. The molecule has 3 aromatic rings. The average Bonchev–Trinajstić information content (AvgIpc) is 3.26. The molecule has 2 heterocycles. The van der Waals surface area contributed by atoms with E-state index in [0.717, 1.165) is 34.8 Å². The molecular formula is C22H25N3O3S. The summed E-state index contributed by atoms with van der Waals surface area (Å²) in [5, 5.41) is 5.51. The number of hydrogen-bond donors (Lipinski definition) is 2. The lowest BCUT2D eigenvalue weighted by Crippen LogP contribution is -2.14. The zero-order chi connectivity index (χ0) is 21.0. The molecule has 0 aliphatic heterocycles. The zero-order valence-electron chi connectivity index (χ0n) is 17.1. The Morgan fingerprint density at radius 1 is 1.17 bits per heavy atom. The molecule has 2 N–H and O–H groups in total. The van der Waals surface area contributed by atoms with Crippen molar-refractivity contribution in [2.24, 2.45) is 0 Å². The minimum Gasteiger partial charge on any atom is -0.462 e. The van der Waals surface area contributed by atoms with Crippen LogP contribution in [0, 0.1) is 13.8 Å². The predicted molar refractivity (Wildman–Crippen MR) is 115 cm³/mol. The van der Waals surface area contributed by atoms with Gasteiger partial charge in [0.1, 0.15) is 5.01 Å². The van der Waals surface area contributed by atoms with E-state index in [9.17, 15) is 9.59 Å². The number of carbonyl (C=O) groups excluding carboxylic acids is 2. The number of aromatic nitrogens is 2. The molecule has 0 aliphatic rings. The van der Waals surface area contributed by atoms with Crippen LogP contribution >= 0.6 is 11.3 Å². The molecule has 0 saturated heterocycles. The SMILES string of the molecule is CCOC(=O)c1c(C)[nH]c(-c2csc(CC(=O)Nc3ccc(CC)cc3)n2)c1C. The highest BCUT2D eigenvalue weighted by atomic mass is 32.1. The van der Waals surface area contributed by atoms with E-state index in [4.69, 9.17) is 4.74 Å². The summed E-state index contributed by atoms with van der Waals surface area (Å²) in [4.78, 5) is 32.4. The van der Waals surface area contributed by atoms with E-state index in [1.165, 1.54) is 16.9 Å². The first-order chi connectivity index (χ1) is 13.9. The summed E-state index contributed by atoms with van der Waals surface area (Å²) in [6, 6.07) is 7.83. The summed E-state index contributed by atoms with van der Waals surface area (Å²) < 4.78 is 5.14. The van der Waals surface area contributed by atoms with Crippen molar-refractivity contribution in [2.75, 3.05) is 11.9 Å². The number of nitrogens with one attached hydrogen (secondary N) is 2. The summed E-state index contributed by atoms with van der Waals surface area (Å²) in [5.74, 6) is -0.448. The normalized spacial score (nSPS) is 10.8. The number of benzene rings is 1. The van der Waals surface area contributed by atoms with E-state index in [0.29, 0.717) is 17.2 Å². The largest absolute Gasteiger partial charge is 0.462 e. The second-order valence-corrected chi connectivity index (χ2v) is 7.69. The molecule has 2 aromatic heterocycles. The topological polar surface area (TPSA) is 84.1 Å². The number of nitrogens with zero attached hydrogens (tertiary/aromatic N) is 1. The minimum absolute atomic E-state index is 0.109. The van der Waals surface area contributed by atoms with Crippen LogP contribution in [-0.2, 0) is 22.4 Å². The molecule has 0 spiro atoms. The second-order valence-electron chi connectivity index (χ2n) is 6.75. The van der Waals surface area contributed by atoms with Crippen molar-refractivity contribution in [3.05, 3.63) is 57.0 Å². The van der Waals surface area contributed by atoms with Crippen LogP contribution in [0.4, 0.5) is 5.69 Å². The summed E-state index contributed by atoms with van der Waals surface area (Å²) in [6.07, 6.45) is 1.16. The number of aromatic amines is 1. The monoisotopic (exact) mass is 411 g/mol. The number of H-pyrrole nitrogens is 1. The van der Waals surface area contributed by atoms with E-state index in [1.54, 1.807) is 6.92 Å². The van der Waals surface area contributed by atoms with E-state index < -0.39 is 0 Å². The summed E-state index contributed by atoms with van der Waals surface area (Å²) >= 11 is 1.42. The number of aryl methyl sites for hydroxylation is 2. The van der Waals surface area contributed by atoms with E-state index in [-0.39, 0.29) is 18.3 Å². The number of carbonyl (C=O) groups is 2. The molecular weight excluding hydrogens is 386 g/mol. The number of esters is 1. The smallest absolute Gasteiger partial charge is 0.340 e. The molecule has 29 heavy (non-hydrogen) atoms. The number of anilines is 1. The van der Waals surface area contributed by atoms with Gasteiger partial charge < -0.3 is 15.0 Å². The standard InChI is InChI=1S/C22H25N3O3S/c1-5-15-7-9-16(10-8-15)24-18(26)11-19-25-17(12-29-19)21-13(3)20(14(4)23-21)22(27)28-6-2/h7-10,12,23H,5-6,11H2,1-4H3,(H,24,26). The van der Waals surface area contributed by atoms with Crippen molar-refractivity contribution in [1.29, 1.82) is 0 Å². The molecule has 1 amide bonds. The van der Waals surface area contributed by atoms with Gasteiger partial charge in [-0.15, -0.1) is 11.3 Å². The molecule has 6 nitrogen and oxygen atoms in total. The third kappa shape index (κ3) is 4.74. The second kappa shape index (κ2) is 9.05. The Morgan fingerprint density at radius 2 is 1.90 bits per heavy atom. The average molecular weight is 412 g/mol. The number of thiazole rings is 1. The lowest BCUT2D eigenvalue weighted by Gasteiger charge is -2.05. The van der Waals surface area contributed by atoms with Crippen molar-refractivity contribution < 1.29 is 14.3 Å². The maximum Gasteiger partial charge on any atom is 0.340 e. The van der Waals surface area contributed by atoms with E-state index >= 15 is 0 Å². The van der Waals surface area contributed by atoms with Gasteiger partial charge in [-0.25, -0.2) is 9.78 Å². The number of amides is 1. The zero-order valence-corrected chi connectivity index (χ0v) is 17.9. The van der Waals surface area contributed by atoms with Crippen LogP contribution < -0.4 is 5.32 Å². The highest BCUT2D eigenvalue weighted by Crippen LogP contribution is 2.29. The highest BCUT2D eigenvalue weighted by Gasteiger charge is 2.21. The van der Waals surface area contributed by atoms with Gasteiger partial charge in [-0.1, -0.05) is 19.1 Å². The van der Waals surface area contributed by atoms with Crippen molar-refractivity contribution in [2.45, 2.75) is 40.5 Å². The lowest BCUT2D eigenvalue weighted by molar-refractivity contribution is -0.115. The van der Waals surface area contributed by atoms with Crippen molar-refractivity contribution in [1.82, 2.24) is 9.97 Å². The molecule has 152 valence electrons. The van der Waals surface area contributed by atoms with Crippen LogP contribution in [0.2, 0.25) is 0 Å². The summed E-state index contributed by atoms with van der Waals surface area (Å²) in [7, 11) is 0. The minimum atomic E-state index is -0.339. The van der Waals surface area contributed by atoms with Gasteiger partial charge >= 0.3 is 5.97 Å². The Balaban J connectivity index is 1.71. The molecule has 0 atom stereocenters. The Labute approximate surface area is 174 Å². The first-order valence-corrected chi connectivity index (χ1v) is 10.5. The molecule has 0 aliphatic carbocycles. The number of hydrogen-bond acceptors (Lipinski definition) is 5. The third-order valence-electron chi connectivity index (χ3n) is 4.68. The van der Waals surface area contributed by atoms with Crippen LogP contribution in [0.15, 0.2) is 29.6 Å². The summed E-state index contributed by atoms with van der Waals surface area (Å²) in [5.41, 5.74) is 5.61. The first kappa shape index (κ1) is 20.8. The van der Waals surface area contributed by atoms with Gasteiger partial charge in [-0.05, 0) is 50.5 Å². The van der Waals surface area contributed by atoms with E-state index in [2.05, 4.69) is 22.2 Å². The fraction of sp³-hybridized carbons (Fsp3) is 0.318. The van der Waals surface area contributed by atoms with Gasteiger partial charge in [0.2, 0.25) is 5.91 Å². The van der Waals surface area contributed by atoms with Gasteiger partial charge in [0.25, 0.3) is 0 Å². The summed E-state index contributed by atoms with van der Waals surface area (Å²) in [6.45, 7) is 7.92. The van der Waals surface area contributed by atoms with E-state index in [1.807, 2.05) is 43.5 Å². The fourth-order valence-electron chi connectivity index (χ4n) is 3.19. The fourth-order valence-corrected chi connectivity index (χ4v) is 3.97. The van der Waals surface area contributed by atoms with Gasteiger partial charge in [0, 0.05) is 16.8 Å². The molecule has 0 radical (unpaired) electrons. The molecule has 1 aromatic carbocycles. The van der Waals surface area contributed by atoms with Crippen LogP contribution in [0.25, 0.3) is 11.4 Å². The maximum atomic E-state index is 12.4. The predicted octanol–water partition coefficient (Wildman–Crippen LogP) is 4.68. The Bertz CT molecular complexity index is 1020. The maximum absolute atomic E-state index is 12.4. The van der Waals surface area contributed by atoms with Crippen LogP contribution in [0.1, 0.15) is 46.0 Å². The molecule has 0 saturated carbocycles. The highest BCUT2D eigenvalue weighted by molar-refractivity contribution is 7.10. The van der Waals surface area contributed by atoms with Crippen molar-refractivity contribution >= 4 is 28.9 Å². The lowest BCUT2D eigenvalue weighted by atomic mass is 10.1. The third-order valence-corrected chi connectivity index (χ3v) is 5.53. The van der Waals surface area contributed by atoms with Crippen molar-refractivity contribution in [3.8, 4) is 11.4 Å². The van der Waals surface area contributed by atoms with Gasteiger partial charge in [0.15, 0.2) is 0 Å². The Hall–Kier alpha value is -2.93. The Morgan fingerprint density at radius 3 is 2.55 bits per heavy atom. The van der Waals surface area contributed by atoms with Gasteiger partial charge in [0.05, 0.1) is 30.0 Å². The molecule has 0 fully saturated rings. The molecule has 0 unspecified atom stereocenters. The van der Waals surface area contributed by atoms with Gasteiger partial charge in [-0.2, -0.15) is 0 Å².